The topological polar surface area (TPSA) is 12.0 Å². The Morgan fingerprint density at radius 3 is 2.79 bits per heavy atom. The molecular weight excluding hydrogens is 237 g/mol. The lowest BCUT2D eigenvalue weighted by Crippen LogP contribution is -2.33. The van der Waals surface area contributed by atoms with Crippen LogP contribution in [0.15, 0.2) is 18.2 Å². The molecule has 0 saturated heterocycles. The Balaban J connectivity index is 1.96. The molecule has 19 heavy (non-hydrogen) atoms. The van der Waals surface area contributed by atoms with Crippen LogP contribution in [0.25, 0.3) is 0 Å². The van der Waals surface area contributed by atoms with Crippen molar-refractivity contribution in [2.45, 2.75) is 52.5 Å². The van der Waals surface area contributed by atoms with Gasteiger partial charge < -0.3 is 5.32 Å². The molecule has 3 atom stereocenters. The van der Waals surface area contributed by atoms with Crippen LogP contribution in [-0.2, 0) is 6.42 Å². The van der Waals surface area contributed by atoms with Crippen LogP contribution >= 0.6 is 0 Å². The first kappa shape index (κ1) is 14.5. The first-order valence-electron chi connectivity index (χ1n) is 7.60. The van der Waals surface area contributed by atoms with Crippen molar-refractivity contribution >= 4 is 0 Å². The van der Waals surface area contributed by atoms with Gasteiger partial charge >= 0.3 is 0 Å². The van der Waals surface area contributed by atoms with Gasteiger partial charge in [-0.15, -0.1) is 0 Å². The van der Waals surface area contributed by atoms with Gasteiger partial charge in [0, 0.05) is 6.04 Å². The Labute approximate surface area is 116 Å². The van der Waals surface area contributed by atoms with Gasteiger partial charge in [-0.05, 0) is 74.2 Å². The normalized spacial score (nSPS) is 26.8. The number of hydrogen-bond acceptors (Lipinski definition) is 1. The summed E-state index contributed by atoms with van der Waals surface area (Å²) in [6.07, 6.45) is 4.87. The van der Waals surface area contributed by atoms with Crippen molar-refractivity contribution in [2.75, 3.05) is 6.54 Å². The van der Waals surface area contributed by atoms with Gasteiger partial charge in [0.15, 0.2) is 0 Å². The second-order valence-electron chi connectivity index (χ2n) is 6.03. The highest BCUT2D eigenvalue weighted by Crippen LogP contribution is 2.34. The molecular formula is C17H26FN. The predicted molar refractivity (Wildman–Crippen MR) is 78.8 cm³/mol. The molecule has 0 heterocycles. The van der Waals surface area contributed by atoms with Gasteiger partial charge in [-0.25, -0.2) is 4.39 Å². The summed E-state index contributed by atoms with van der Waals surface area (Å²) in [6, 6.07) is 5.88. The predicted octanol–water partition coefficient (Wildman–Crippen LogP) is 4.09. The molecule has 2 heteroatoms. The lowest BCUT2D eigenvalue weighted by atomic mass is 9.88. The highest BCUT2D eigenvalue weighted by Gasteiger charge is 2.32. The fourth-order valence-corrected chi connectivity index (χ4v) is 3.32. The van der Waals surface area contributed by atoms with E-state index in [1.54, 1.807) is 12.1 Å². The number of rotatable bonds is 5. The first-order chi connectivity index (χ1) is 9.11. The number of benzene rings is 1. The molecule has 0 aliphatic heterocycles. The summed E-state index contributed by atoms with van der Waals surface area (Å²) in [4.78, 5) is 0. The maximum absolute atomic E-state index is 13.1. The molecule has 0 aromatic heterocycles. The Bertz CT molecular complexity index is 416. The van der Waals surface area contributed by atoms with Gasteiger partial charge in [0.1, 0.15) is 5.82 Å². The van der Waals surface area contributed by atoms with Crippen LogP contribution in [0.5, 0.6) is 0 Å². The van der Waals surface area contributed by atoms with Gasteiger partial charge in [-0.1, -0.05) is 19.9 Å². The number of nitrogens with one attached hydrogen (secondary N) is 1. The molecule has 0 amide bonds. The van der Waals surface area contributed by atoms with E-state index < -0.39 is 0 Å². The van der Waals surface area contributed by atoms with E-state index in [1.807, 2.05) is 13.0 Å². The van der Waals surface area contributed by atoms with Crippen LogP contribution in [0.3, 0.4) is 0 Å². The maximum atomic E-state index is 13.1. The fourth-order valence-electron chi connectivity index (χ4n) is 3.32. The quantitative estimate of drug-likeness (QED) is 0.843. The average Bonchev–Trinajstić information content (AvgIpc) is 2.72. The van der Waals surface area contributed by atoms with Crippen molar-refractivity contribution < 1.29 is 4.39 Å². The molecule has 1 aromatic carbocycles. The van der Waals surface area contributed by atoms with Crippen molar-refractivity contribution in [3.05, 3.63) is 35.1 Å². The van der Waals surface area contributed by atoms with Crippen LogP contribution in [0.4, 0.5) is 4.39 Å². The second kappa shape index (κ2) is 6.51. The van der Waals surface area contributed by atoms with E-state index in [2.05, 4.69) is 19.2 Å². The van der Waals surface area contributed by atoms with Gasteiger partial charge in [0.2, 0.25) is 0 Å². The minimum Gasteiger partial charge on any atom is -0.314 e. The van der Waals surface area contributed by atoms with Gasteiger partial charge in [0.25, 0.3) is 0 Å². The van der Waals surface area contributed by atoms with E-state index in [9.17, 15) is 4.39 Å². The summed E-state index contributed by atoms with van der Waals surface area (Å²) < 4.78 is 13.1. The molecule has 1 nitrogen and oxygen atoms in total. The molecule has 1 aliphatic carbocycles. The molecule has 2 rings (SSSR count). The lowest BCUT2D eigenvalue weighted by molar-refractivity contribution is 0.351. The SMILES string of the molecule is CCCNC1CCC(Cc2ccc(F)cc2C)C1C. The largest absolute Gasteiger partial charge is 0.314 e. The Kier molecular flexibility index (Phi) is 4.98. The zero-order chi connectivity index (χ0) is 13.8. The summed E-state index contributed by atoms with van der Waals surface area (Å²) in [5.41, 5.74) is 2.41. The maximum Gasteiger partial charge on any atom is 0.123 e. The first-order valence-corrected chi connectivity index (χ1v) is 7.60. The number of aryl methyl sites for hydroxylation is 1. The van der Waals surface area contributed by atoms with Crippen molar-refractivity contribution in [1.82, 2.24) is 5.32 Å². The van der Waals surface area contributed by atoms with Crippen molar-refractivity contribution in [3.63, 3.8) is 0 Å². The highest BCUT2D eigenvalue weighted by molar-refractivity contribution is 5.27. The summed E-state index contributed by atoms with van der Waals surface area (Å²) in [5, 5.41) is 3.66. The third-order valence-electron chi connectivity index (χ3n) is 4.67. The summed E-state index contributed by atoms with van der Waals surface area (Å²) in [6.45, 7) is 7.72. The van der Waals surface area contributed by atoms with E-state index in [1.165, 1.54) is 24.8 Å². The lowest BCUT2D eigenvalue weighted by Gasteiger charge is -2.22. The van der Waals surface area contributed by atoms with E-state index >= 15 is 0 Å². The average molecular weight is 263 g/mol. The molecule has 0 bridgehead atoms. The second-order valence-corrected chi connectivity index (χ2v) is 6.03. The fraction of sp³-hybridized carbons (Fsp3) is 0.647. The van der Waals surface area contributed by atoms with E-state index in [0.29, 0.717) is 6.04 Å². The molecule has 1 N–H and O–H groups in total. The number of halogens is 1. The van der Waals surface area contributed by atoms with E-state index in [0.717, 1.165) is 30.4 Å². The standard InChI is InChI=1S/C17H26FN/c1-4-9-19-17-8-6-15(13(17)3)11-14-5-7-16(18)10-12(14)2/h5,7,10,13,15,17,19H,4,6,8-9,11H2,1-3H3. The van der Waals surface area contributed by atoms with Gasteiger partial charge in [0.05, 0.1) is 0 Å². The molecule has 0 spiro atoms. The van der Waals surface area contributed by atoms with Crippen LogP contribution in [-0.4, -0.2) is 12.6 Å². The van der Waals surface area contributed by atoms with Crippen LogP contribution in [0, 0.1) is 24.6 Å². The molecule has 106 valence electrons. The number of hydrogen-bond donors (Lipinski definition) is 1. The summed E-state index contributed by atoms with van der Waals surface area (Å²) in [5.74, 6) is 1.33. The molecule has 3 unspecified atom stereocenters. The monoisotopic (exact) mass is 263 g/mol. The molecule has 1 aromatic rings. The van der Waals surface area contributed by atoms with Crippen LogP contribution < -0.4 is 5.32 Å². The molecule has 1 aliphatic rings. The van der Waals surface area contributed by atoms with Gasteiger partial charge in [-0.2, -0.15) is 0 Å². The Morgan fingerprint density at radius 2 is 2.11 bits per heavy atom. The van der Waals surface area contributed by atoms with Crippen molar-refractivity contribution in [3.8, 4) is 0 Å². The molecule has 0 radical (unpaired) electrons. The van der Waals surface area contributed by atoms with Gasteiger partial charge in [-0.3, -0.25) is 0 Å². The minimum absolute atomic E-state index is 0.122. The highest BCUT2D eigenvalue weighted by atomic mass is 19.1. The zero-order valence-electron chi connectivity index (χ0n) is 12.4. The van der Waals surface area contributed by atoms with Crippen LogP contribution in [0.1, 0.15) is 44.2 Å². The third kappa shape index (κ3) is 3.56. The van der Waals surface area contributed by atoms with Crippen molar-refractivity contribution in [2.24, 2.45) is 11.8 Å². The third-order valence-corrected chi connectivity index (χ3v) is 4.67. The Morgan fingerprint density at radius 1 is 1.32 bits per heavy atom. The van der Waals surface area contributed by atoms with Crippen molar-refractivity contribution in [1.29, 1.82) is 0 Å². The summed E-state index contributed by atoms with van der Waals surface area (Å²) >= 11 is 0. The van der Waals surface area contributed by atoms with E-state index in [4.69, 9.17) is 0 Å². The Hall–Kier alpha value is -0.890. The van der Waals surface area contributed by atoms with Crippen LogP contribution in [0.2, 0.25) is 0 Å². The summed E-state index contributed by atoms with van der Waals surface area (Å²) in [7, 11) is 0. The molecule has 1 saturated carbocycles. The smallest absolute Gasteiger partial charge is 0.123 e. The minimum atomic E-state index is -0.122. The molecule has 1 fully saturated rings. The zero-order valence-corrected chi connectivity index (χ0v) is 12.4. The van der Waals surface area contributed by atoms with E-state index in [-0.39, 0.29) is 5.82 Å².